The monoisotopic (exact) mass is 382 g/mol. The number of anilines is 1. The fourth-order valence-corrected chi connectivity index (χ4v) is 4.35. The molecule has 0 bridgehead atoms. The minimum Gasteiger partial charge on any atom is -0.447 e. The number of nitrogens with one attached hydrogen (secondary N) is 2. The molecule has 148 valence electrons. The summed E-state index contributed by atoms with van der Waals surface area (Å²) in [7, 11) is 2.00. The zero-order chi connectivity index (χ0) is 19.1. The molecule has 0 atom stereocenters. The highest BCUT2D eigenvalue weighted by Crippen LogP contribution is 2.36. The molecule has 1 spiro atoms. The van der Waals surface area contributed by atoms with Crippen molar-refractivity contribution in [3.8, 4) is 11.3 Å². The Hall–Kier alpha value is -2.64. The number of carbonyl (C=O) groups is 1. The van der Waals surface area contributed by atoms with Gasteiger partial charge in [0.15, 0.2) is 0 Å². The molecule has 2 aliphatic carbocycles. The molecule has 8 heteroatoms. The third-order valence-electron chi connectivity index (χ3n) is 6.29. The Balaban J connectivity index is 1.27. The second-order valence-corrected chi connectivity index (χ2v) is 8.44. The van der Waals surface area contributed by atoms with Gasteiger partial charge >= 0.3 is 6.09 Å². The SMILES string of the molecule is Cn1ncc(-c2ccnc(NC3CCC4(CC3)COC(=O)N4)n2)c1CC1CC1. The van der Waals surface area contributed by atoms with Crippen LogP contribution >= 0.6 is 0 Å². The lowest BCUT2D eigenvalue weighted by Crippen LogP contribution is -2.48. The summed E-state index contributed by atoms with van der Waals surface area (Å²) in [6, 6.07) is 2.26. The third-order valence-corrected chi connectivity index (χ3v) is 6.29. The number of hydrogen-bond donors (Lipinski definition) is 2. The summed E-state index contributed by atoms with van der Waals surface area (Å²) in [5.74, 6) is 1.45. The Labute approximate surface area is 164 Å². The van der Waals surface area contributed by atoms with Crippen molar-refractivity contribution in [1.29, 1.82) is 0 Å². The van der Waals surface area contributed by atoms with E-state index in [1.807, 2.05) is 30.2 Å². The summed E-state index contributed by atoms with van der Waals surface area (Å²) in [5, 5.41) is 10.9. The minimum atomic E-state index is -0.291. The van der Waals surface area contributed by atoms with Gasteiger partial charge in [0.1, 0.15) is 6.61 Å². The standard InChI is InChI=1S/C20H26N6O2/c1-26-17(10-13-2-3-13)15(11-22-26)16-6-9-21-18(24-16)23-14-4-7-20(8-5-14)12-28-19(27)25-20/h6,9,11,13-14H,2-5,7-8,10,12H2,1H3,(H,25,27)(H,21,23,24). The zero-order valence-electron chi connectivity index (χ0n) is 16.1. The van der Waals surface area contributed by atoms with Crippen LogP contribution in [-0.2, 0) is 18.2 Å². The lowest BCUT2D eigenvalue weighted by molar-refractivity contribution is 0.164. The molecule has 2 aromatic rings. The van der Waals surface area contributed by atoms with Crippen LogP contribution in [0.3, 0.4) is 0 Å². The van der Waals surface area contributed by atoms with E-state index in [2.05, 4.69) is 20.7 Å². The first-order valence-corrected chi connectivity index (χ1v) is 10.2. The predicted molar refractivity (Wildman–Crippen MR) is 104 cm³/mol. The number of ether oxygens (including phenoxy) is 1. The minimum absolute atomic E-state index is 0.175. The first-order valence-electron chi connectivity index (χ1n) is 10.2. The van der Waals surface area contributed by atoms with Crippen molar-refractivity contribution in [1.82, 2.24) is 25.1 Å². The van der Waals surface area contributed by atoms with Gasteiger partial charge in [0, 0.05) is 30.5 Å². The number of alkyl carbamates (subject to hydrolysis) is 1. The van der Waals surface area contributed by atoms with Crippen molar-refractivity contribution >= 4 is 12.0 Å². The summed E-state index contributed by atoms with van der Waals surface area (Å²) in [5.41, 5.74) is 3.10. The molecule has 5 rings (SSSR count). The fourth-order valence-electron chi connectivity index (χ4n) is 4.35. The van der Waals surface area contributed by atoms with Crippen LogP contribution in [0.5, 0.6) is 0 Å². The topological polar surface area (TPSA) is 94.0 Å². The summed E-state index contributed by atoms with van der Waals surface area (Å²) in [4.78, 5) is 20.6. The van der Waals surface area contributed by atoms with Gasteiger partial charge in [0.05, 0.1) is 17.4 Å². The van der Waals surface area contributed by atoms with Crippen molar-refractivity contribution in [2.24, 2.45) is 13.0 Å². The van der Waals surface area contributed by atoms with Gasteiger partial charge in [-0.15, -0.1) is 0 Å². The lowest BCUT2D eigenvalue weighted by Gasteiger charge is -2.35. The van der Waals surface area contributed by atoms with E-state index < -0.39 is 0 Å². The average Bonchev–Trinajstić information content (AvgIpc) is 3.35. The maximum atomic E-state index is 11.4. The van der Waals surface area contributed by atoms with Gasteiger partial charge in [-0.25, -0.2) is 14.8 Å². The molecule has 1 aliphatic heterocycles. The normalized spacial score (nSPS) is 26.9. The zero-order valence-corrected chi connectivity index (χ0v) is 16.1. The van der Waals surface area contributed by atoms with E-state index in [0.29, 0.717) is 18.6 Å². The highest BCUT2D eigenvalue weighted by Gasteiger charge is 2.42. The molecule has 3 fully saturated rings. The molecule has 8 nitrogen and oxygen atoms in total. The van der Waals surface area contributed by atoms with E-state index in [-0.39, 0.29) is 11.6 Å². The highest BCUT2D eigenvalue weighted by atomic mass is 16.6. The molecule has 0 aromatic carbocycles. The van der Waals surface area contributed by atoms with Crippen LogP contribution in [0.2, 0.25) is 0 Å². The van der Waals surface area contributed by atoms with Crippen LogP contribution in [0, 0.1) is 5.92 Å². The van der Waals surface area contributed by atoms with E-state index in [4.69, 9.17) is 9.72 Å². The summed E-state index contributed by atoms with van der Waals surface area (Å²) in [6.07, 6.45) is 10.9. The van der Waals surface area contributed by atoms with Crippen LogP contribution in [-0.4, -0.2) is 44.0 Å². The molecule has 2 N–H and O–H groups in total. The number of aromatic nitrogens is 4. The van der Waals surface area contributed by atoms with E-state index in [0.717, 1.165) is 49.3 Å². The molecule has 1 saturated heterocycles. The molecule has 2 saturated carbocycles. The highest BCUT2D eigenvalue weighted by molar-refractivity contribution is 5.70. The second-order valence-electron chi connectivity index (χ2n) is 8.44. The van der Waals surface area contributed by atoms with Gasteiger partial charge < -0.3 is 15.4 Å². The number of cyclic esters (lactones) is 1. The van der Waals surface area contributed by atoms with Crippen molar-refractivity contribution in [3.05, 3.63) is 24.2 Å². The van der Waals surface area contributed by atoms with Gasteiger partial charge in [-0.2, -0.15) is 5.10 Å². The Bertz CT molecular complexity index is 883. The van der Waals surface area contributed by atoms with Gasteiger partial charge in [0.2, 0.25) is 5.95 Å². The van der Waals surface area contributed by atoms with Gasteiger partial charge in [-0.05, 0) is 56.9 Å². The number of nitrogens with zero attached hydrogens (tertiary/aromatic N) is 4. The van der Waals surface area contributed by atoms with Crippen LogP contribution in [0.4, 0.5) is 10.7 Å². The van der Waals surface area contributed by atoms with E-state index in [1.165, 1.54) is 18.5 Å². The molecule has 3 aliphatic rings. The number of carbonyl (C=O) groups excluding carboxylic acids is 1. The number of aryl methyl sites for hydroxylation is 1. The van der Waals surface area contributed by atoms with E-state index in [1.54, 1.807) is 0 Å². The molecule has 2 aromatic heterocycles. The van der Waals surface area contributed by atoms with Crippen molar-refractivity contribution in [2.75, 3.05) is 11.9 Å². The van der Waals surface area contributed by atoms with Gasteiger partial charge in [-0.3, -0.25) is 4.68 Å². The molecule has 1 amide bonds. The molecular weight excluding hydrogens is 356 g/mol. The largest absolute Gasteiger partial charge is 0.447 e. The Morgan fingerprint density at radius 3 is 2.86 bits per heavy atom. The van der Waals surface area contributed by atoms with Crippen LogP contribution < -0.4 is 10.6 Å². The lowest BCUT2D eigenvalue weighted by atomic mass is 9.80. The Morgan fingerprint density at radius 1 is 1.32 bits per heavy atom. The average molecular weight is 382 g/mol. The molecule has 28 heavy (non-hydrogen) atoms. The summed E-state index contributed by atoms with van der Waals surface area (Å²) < 4.78 is 7.08. The maximum Gasteiger partial charge on any atom is 0.407 e. The van der Waals surface area contributed by atoms with E-state index >= 15 is 0 Å². The van der Waals surface area contributed by atoms with Crippen molar-refractivity contribution < 1.29 is 9.53 Å². The number of rotatable bonds is 5. The first kappa shape index (κ1) is 17.5. The predicted octanol–water partition coefficient (Wildman–Crippen LogP) is 2.66. The maximum absolute atomic E-state index is 11.4. The molecule has 0 radical (unpaired) electrons. The van der Waals surface area contributed by atoms with Gasteiger partial charge in [-0.1, -0.05) is 0 Å². The number of amides is 1. The van der Waals surface area contributed by atoms with Crippen molar-refractivity contribution in [2.45, 2.75) is 56.5 Å². The smallest absolute Gasteiger partial charge is 0.407 e. The van der Waals surface area contributed by atoms with E-state index in [9.17, 15) is 4.79 Å². The van der Waals surface area contributed by atoms with Crippen LogP contribution in [0.1, 0.15) is 44.2 Å². The second kappa shape index (κ2) is 6.76. The Morgan fingerprint density at radius 2 is 2.14 bits per heavy atom. The molecule has 3 heterocycles. The Kier molecular flexibility index (Phi) is 4.21. The van der Waals surface area contributed by atoms with Gasteiger partial charge in [0.25, 0.3) is 0 Å². The van der Waals surface area contributed by atoms with Crippen molar-refractivity contribution in [3.63, 3.8) is 0 Å². The molecular formula is C20H26N6O2. The quantitative estimate of drug-likeness (QED) is 0.826. The van der Waals surface area contributed by atoms with Crippen LogP contribution in [0.25, 0.3) is 11.3 Å². The number of hydrogen-bond acceptors (Lipinski definition) is 6. The fraction of sp³-hybridized carbons (Fsp3) is 0.600. The third kappa shape index (κ3) is 3.43. The summed E-state index contributed by atoms with van der Waals surface area (Å²) >= 11 is 0. The van der Waals surface area contributed by atoms with Crippen LogP contribution in [0.15, 0.2) is 18.5 Å². The summed E-state index contributed by atoms with van der Waals surface area (Å²) in [6.45, 7) is 0.481. The molecule has 0 unspecified atom stereocenters. The first-order chi connectivity index (χ1) is 13.6.